The Hall–Kier alpha value is -7.22. The summed E-state index contributed by atoms with van der Waals surface area (Å²) < 4.78 is 37.9. The Morgan fingerprint density at radius 1 is 0.273 bits per heavy atom. The van der Waals surface area contributed by atoms with Crippen molar-refractivity contribution in [1.29, 1.82) is 0 Å². The van der Waals surface area contributed by atoms with Crippen LogP contribution in [0.4, 0.5) is 17.1 Å². The van der Waals surface area contributed by atoms with Crippen molar-refractivity contribution in [3.8, 4) is 44.5 Å². The fourth-order valence-electron chi connectivity index (χ4n) is 7.72. The summed E-state index contributed by atoms with van der Waals surface area (Å²) in [7, 11) is 0. The van der Waals surface area contributed by atoms with E-state index in [0.29, 0.717) is 5.56 Å². The number of hydrogen-bond acceptors (Lipinski definition) is 1. The Morgan fingerprint density at radius 3 is 1.51 bits per heavy atom. The molecule has 1 nitrogen and oxygen atoms in total. The van der Waals surface area contributed by atoms with E-state index in [9.17, 15) is 5.48 Å². The molecule has 0 unspecified atom stereocenters. The molecule has 0 atom stereocenters. The lowest BCUT2D eigenvalue weighted by atomic mass is 9.95. The Labute approximate surface area is 327 Å². The van der Waals surface area contributed by atoms with Crippen LogP contribution >= 0.6 is 0 Å². The van der Waals surface area contributed by atoms with Crippen LogP contribution in [0.5, 0.6) is 0 Å². The molecule has 0 spiro atoms. The predicted octanol–water partition coefficient (Wildman–Crippen LogP) is 15.3. The maximum absolute atomic E-state index is 9.53. The molecule has 0 aliphatic carbocycles. The first-order chi connectivity index (χ1) is 28.9. The number of rotatable bonds is 7. The zero-order chi connectivity index (χ0) is 40.0. The molecule has 55 heavy (non-hydrogen) atoms. The van der Waals surface area contributed by atoms with Gasteiger partial charge in [0.25, 0.3) is 0 Å². The van der Waals surface area contributed by atoms with E-state index >= 15 is 0 Å². The average molecular weight is 704 g/mol. The molecule has 10 aromatic carbocycles. The monoisotopic (exact) mass is 703 g/mol. The third-order valence-corrected chi connectivity index (χ3v) is 10.5. The Morgan fingerprint density at radius 2 is 0.764 bits per heavy atom. The number of benzene rings is 10. The van der Waals surface area contributed by atoms with Crippen LogP contribution in [-0.4, -0.2) is 0 Å². The minimum atomic E-state index is -0.116. The van der Waals surface area contributed by atoms with Crippen LogP contribution < -0.4 is 4.90 Å². The fraction of sp³-hybridized carbons (Fsp3) is 0. The molecule has 0 amide bonds. The zero-order valence-electron chi connectivity index (χ0n) is 34.0. The van der Waals surface area contributed by atoms with Crippen molar-refractivity contribution < 1.29 is 5.48 Å². The first kappa shape index (κ1) is 28.3. The summed E-state index contributed by atoms with van der Waals surface area (Å²) in [6, 6.07) is 67.4. The summed E-state index contributed by atoms with van der Waals surface area (Å²) in [5.74, 6) is 0. The maximum atomic E-state index is 9.53. The van der Waals surface area contributed by atoms with Crippen molar-refractivity contribution in [2.24, 2.45) is 0 Å². The molecule has 0 saturated heterocycles. The molecule has 0 fully saturated rings. The van der Waals surface area contributed by atoms with E-state index < -0.39 is 0 Å². The van der Waals surface area contributed by atoms with Gasteiger partial charge in [0.2, 0.25) is 0 Å². The van der Waals surface area contributed by atoms with E-state index in [1.807, 2.05) is 102 Å². The largest absolute Gasteiger partial charge is 0.311 e. The van der Waals surface area contributed by atoms with E-state index in [1.54, 1.807) is 0 Å². The smallest absolute Gasteiger partial charge is 0.0645 e. The molecule has 10 rings (SSSR count). The van der Waals surface area contributed by atoms with Crippen molar-refractivity contribution in [3.63, 3.8) is 0 Å². The highest BCUT2D eigenvalue weighted by atomic mass is 15.1. The summed E-state index contributed by atoms with van der Waals surface area (Å²) >= 11 is 0. The summed E-state index contributed by atoms with van der Waals surface area (Å²) in [6.07, 6.45) is 0. The SMILES string of the molecule is [2H]c1c([2H])c(N(c2ccc(-c3ccccc3)cc2)c2ccc(-c3ccc4c(ccc5ccccc54)c3)cc2)c([2H])c([2H])c1-c1cccc(-c2cccc3ccccc23)c1. The number of anilines is 3. The quantitative estimate of drug-likeness (QED) is 0.149. The molecule has 0 bridgehead atoms. The van der Waals surface area contributed by atoms with Crippen molar-refractivity contribution >= 4 is 49.4 Å². The number of nitrogens with zero attached hydrogens (tertiary/aromatic N) is 1. The van der Waals surface area contributed by atoms with E-state index in [-0.39, 0.29) is 35.4 Å². The normalized spacial score (nSPS) is 12.3. The lowest BCUT2D eigenvalue weighted by Crippen LogP contribution is -2.09. The van der Waals surface area contributed by atoms with Gasteiger partial charge in [0, 0.05) is 17.1 Å². The van der Waals surface area contributed by atoms with Gasteiger partial charge in [0.15, 0.2) is 0 Å². The first-order valence-corrected chi connectivity index (χ1v) is 18.6. The summed E-state index contributed by atoms with van der Waals surface area (Å²) in [5, 5.41) is 7.04. The second kappa shape index (κ2) is 14.0. The molecule has 0 N–H and O–H groups in total. The number of hydrogen-bond donors (Lipinski definition) is 0. The van der Waals surface area contributed by atoms with Crippen LogP contribution in [0.2, 0.25) is 0 Å². The van der Waals surface area contributed by atoms with Crippen LogP contribution in [-0.2, 0) is 0 Å². The average Bonchev–Trinajstić information content (AvgIpc) is 3.30. The van der Waals surface area contributed by atoms with Crippen LogP contribution in [0.1, 0.15) is 5.48 Å². The van der Waals surface area contributed by atoms with E-state index in [2.05, 4.69) is 103 Å². The Bertz CT molecular complexity index is 3160. The van der Waals surface area contributed by atoms with Crippen molar-refractivity contribution in [2.75, 3.05) is 4.90 Å². The molecule has 0 saturated carbocycles. The van der Waals surface area contributed by atoms with Gasteiger partial charge in [-0.05, 0) is 125 Å². The molecule has 10 aromatic rings. The lowest BCUT2D eigenvalue weighted by molar-refractivity contribution is 1.28. The highest BCUT2D eigenvalue weighted by Gasteiger charge is 2.15. The summed E-state index contributed by atoms with van der Waals surface area (Å²) in [6.45, 7) is 0. The molecule has 0 aromatic heterocycles. The van der Waals surface area contributed by atoms with Gasteiger partial charge < -0.3 is 4.90 Å². The Balaban J connectivity index is 1.08. The van der Waals surface area contributed by atoms with Gasteiger partial charge in [0.1, 0.15) is 0 Å². The van der Waals surface area contributed by atoms with E-state index in [4.69, 9.17) is 0 Å². The number of fused-ring (bicyclic) bond motifs is 4. The van der Waals surface area contributed by atoms with Gasteiger partial charge in [-0.1, -0.05) is 176 Å². The molecule has 0 radical (unpaired) electrons. The molecular weight excluding hydrogens is 663 g/mol. The molecule has 0 aliphatic rings. The second-order valence-electron chi connectivity index (χ2n) is 13.8. The molecular formula is C54H37N. The fourth-order valence-corrected chi connectivity index (χ4v) is 7.72. The first-order valence-electron chi connectivity index (χ1n) is 20.6. The molecule has 0 heterocycles. The zero-order valence-corrected chi connectivity index (χ0v) is 30.0. The minimum absolute atomic E-state index is 0.0951. The highest BCUT2D eigenvalue weighted by molar-refractivity contribution is 6.08. The van der Waals surface area contributed by atoms with Gasteiger partial charge >= 0.3 is 0 Å². The van der Waals surface area contributed by atoms with Crippen molar-refractivity contribution in [1.82, 2.24) is 0 Å². The van der Waals surface area contributed by atoms with Gasteiger partial charge in [-0.2, -0.15) is 0 Å². The standard InChI is InChI=1S/C54H37N/c1-2-10-38(11-3-1)39-22-29-48(30-23-39)55(50-33-26-41(27-34-50)45-28-35-54-47(37-45)21-20-43-13-5-7-18-52(43)54)49-31-24-40(25-32-49)44-15-8-16-46(36-44)53-19-9-14-42-12-4-6-17-51(42)53/h1-37H/i24D,25D,31D,32D. The predicted molar refractivity (Wildman–Crippen MR) is 235 cm³/mol. The third kappa shape index (κ3) is 6.22. The van der Waals surface area contributed by atoms with Crippen LogP contribution in [0.25, 0.3) is 76.8 Å². The molecule has 258 valence electrons. The minimum Gasteiger partial charge on any atom is -0.311 e. The topological polar surface area (TPSA) is 3.24 Å². The van der Waals surface area contributed by atoms with Gasteiger partial charge in [-0.25, -0.2) is 0 Å². The van der Waals surface area contributed by atoms with E-state index in [0.717, 1.165) is 60.9 Å². The maximum Gasteiger partial charge on any atom is 0.0645 e. The van der Waals surface area contributed by atoms with Gasteiger partial charge in [0.05, 0.1) is 5.48 Å². The summed E-state index contributed by atoms with van der Waals surface area (Å²) in [4.78, 5) is 1.85. The molecule has 1 heteroatoms. The van der Waals surface area contributed by atoms with E-state index in [1.165, 1.54) is 16.2 Å². The third-order valence-electron chi connectivity index (χ3n) is 10.5. The van der Waals surface area contributed by atoms with Gasteiger partial charge in [-0.3, -0.25) is 0 Å². The van der Waals surface area contributed by atoms with Crippen molar-refractivity contribution in [2.45, 2.75) is 0 Å². The molecule has 0 aliphatic heterocycles. The van der Waals surface area contributed by atoms with Crippen LogP contribution in [0, 0.1) is 0 Å². The summed E-state index contributed by atoms with van der Waals surface area (Å²) in [5.41, 5.74) is 8.75. The lowest BCUT2D eigenvalue weighted by Gasteiger charge is -2.26. The highest BCUT2D eigenvalue weighted by Crippen LogP contribution is 2.39. The van der Waals surface area contributed by atoms with Gasteiger partial charge in [-0.15, -0.1) is 0 Å². The van der Waals surface area contributed by atoms with Crippen molar-refractivity contribution in [3.05, 3.63) is 224 Å². The second-order valence-corrected chi connectivity index (χ2v) is 13.8. The van der Waals surface area contributed by atoms with Crippen LogP contribution in [0.3, 0.4) is 0 Å². The Kier molecular flexibility index (Phi) is 7.19. The van der Waals surface area contributed by atoms with Crippen LogP contribution in [0.15, 0.2) is 224 Å².